The van der Waals surface area contributed by atoms with Crippen LogP contribution in [0.1, 0.15) is 32.6 Å². The number of carbonyl (C=O) groups excluding carboxylic acids is 3. The van der Waals surface area contributed by atoms with E-state index in [1.165, 1.54) is 0 Å². The minimum atomic E-state index is -1.30. The van der Waals surface area contributed by atoms with Crippen LogP contribution in [0.3, 0.4) is 0 Å². The van der Waals surface area contributed by atoms with Gasteiger partial charge in [0.15, 0.2) is 0 Å². The molecule has 4 aliphatic rings. The Bertz CT molecular complexity index is 1690. The quantitative estimate of drug-likeness (QED) is 0.292. The second-order valence-electron chi connectivity index (χ2n) is 12.7. The van der Waals surface area contributed by atoms with E-state index in [2.05, 4.69) is 0 Å². The number of para-hydroxylation sites is 1. The molecule has 0 radical (unpaired) electrons. The molecule has 3 aromatic rings. The van der Waals surface area contributed by atoms with Gasteiger partial charge in [-0.3, -0.25) is 14.4 Å². The van der Waals surface area contributed by atoms with Gasteiger partial charge in [-0.2, -0.15) is 0 Å². The zero-order chi connectivity index (χ0) is 31.2. The highest BCUT2D eigenvalue weighted by Crippen LogP contribution is 2.57. The molecule has 8 nitrogen and oxygen atoms in total. The van der Waals surface area contributed by atoms with E-state index in [0.29, 0.717) is 32.5 Å². The highest BCUT2D eigenvalue weighted by atomic mass is 16.5. The molecule has 4 heterocycles. The van der Waals surface area contributed by atoms with E-state index < -0.39 is 29.1 Å². The number of hydrogen-bond acceptors (Lipinski definition) is 5. The number of hydrogen-bond donors (Lipinski definition) is 1. The Morgan fingerprint density at radius 2 is 1.42 bits per heavy atom. The van der Waals surface area contributed by atoms with Crippen LogP contribution in [0.4, 0.5) is 11.4 Å². The first-order chi connectivity index (χ1) is 21.9. The molecule has 8 heteroatoms. The van der Waals surface area contributed by atoms with Crippen molar-refractivity contribution in [1.29, 1.82) is 0 Å². The van der Waals surface area contributed by atoms with E-state index in [4.69, 9.17) is 4.74 Å². The van der Waals surface area contributed by atoms with Crippen LogP contribution >= 0.6 is 0 Å². The van der Waals surface area contributed by atoms with Crippen LogP contribution in [0.5, 0.6) is 0 Å². The van der Waals surface area contributed by atoms with Crippen LogP contribution in [0.25, 0.3) is 10.8 Å². The minimum absolute atomic E-state index is 0.127. The maximum absolute atomic E-state index is 14.8. The summed E-state index contributed by atoms with van der Waals surface area (Å²) < 4.78 is 6.99. The number of fused-ring (bicyclic) bond motifs is 3. The smallest absolute Gasteiger partial charge is 0.253 e. The van der Waals surface area contributed by atoms with Crippen LogP contribution in [0.2, 0.25) is 0 Å². The van der Waals surface area contributed by atoms with E-state index in [1.54, 1.807) is 14.7 Å². The number of amides is 3. The number of benzene rings is 3. The molecule has 0 aliphatic carbocycles. The Kier molecular flexibility index (Phi) is 7.58. The molecule has 4 aliphatic heterocycles. The molecule has 3 amide bonds. The third-order valence-corrected chi connectivity index (χ3v) is 9.98. The molecule has 2 saturated heterocycles. The standard InChI is InChI=1S/C37H39N3O5/c1-36-19-11-22-38(28-15-5-4-6-16-28)33(42)30(36)31-34(43)40(21-9-2-3-10-24-41)32-35(44)39(23-12-20-37(31,32)45-36)29-18-17-26-13-7-8-14-27(26)25-29/h4-8,11-20,25,30-32,41H,2-3,9-10,21-24H2,1H3/t30-,31-,32?,36+,37-/m0/s1. The normalized spacial score (nSPS) is 29.2. The van der Waals surface area contributed by atoms with E-state index in [9.17, 15) is 19.5 Å². The first-order valence-corrected chi connectivity index (χ1v) is 16.0. The van der Waals surface area contributed by atoms with Gasteiger partial charge >= 0.3 is 0 Å². The summed E-state index contributed by atoms with van der Waals surface area (Å²) in [7, 11) is 0. The summed E-state index contributed by atoms with van der Waals surface area (Å²) in [6.07, 6.45) is 10.7. The topological polar surface area (TPSA) is 90.4 Å². The Hall–Kier alpha value is -4.27. The molecular formula is C37H39N3O5. The number of anilines is 2. The molecular weight excluding hydrogens is 566 g/mol. The summed E-state index contributed by atoms with van der Waals surface area (Å²) >= 11 is 0. The summed E-state index contributed by atoms with van der Waals surface area (Å²) in [6, 6.07) is 22.6. The Labute approximate surface area is 263 Å². The maximum Gasteiger partial charge on any atom is 0.253 e. The van der Waals surface area contributed by atoms with Crippen molar-refractivity contribution in [3.63, 3.8) is 0 Å². The van der Waals surface area contributed by atoms with Gasteiger partial charge in [0.05, 0.1) is 17.4 Å². The number of aliphatic hydroxyl groups is 1. The van der Waals surface area contributed by atoms with Gasteiger partial charge in [0, 0.05) is 37.6 Å². The first kappa shape index (κ1) is 29.4. The Morgan fingerprint density at radius 1 is 0.733 bits per heavy atom. The predicted molar refractivity (Wildman–Crippen MR) is 174 cm³/mol. The van der Waals surface area contributed by atoms with E-state index in [0.717, 1.165) is 35.0 Å². The van der Waals surface area contributed by atoms with Gasteiger partial charge in [0.25, 0.3) is 5.91 Å². The number of rotatable bonds is 8. The van der Waals surface area contributed by atoms with Crippen LogP contribution in [-0.4, -0.2) is 71.2 Å². The average Bonchev–Trinajstić information content (AvgIpc) is 3.31. The SMILES string of the molecule is C[C@@]12C=CCN(c3ccccc3)C(=O)[C@@H]1[C@H]1C(=O)N(CCCCCCO)C3C(=O)N(c4ccc5ccccc5c4)CC=C[C@@]31O2. The lowest BCUT2D eigenvalue weighted by molar-refractivity contribution is -0.144. The average molecular weight is 606 g/mol. The molecule has 1 N–H and O–H groups in total. The second kappa shape index (κ2) is 11.6. The number of likely N-dealkylation sites (tertiary alicyclic amines) is 1. The lowest BCUT2D eigenvalue weighted by Gasteiger charge is -2.37. The fourth-order valence-corrected chi connectivity index (χ4v) is 7.93. The predicted octanol–water partition coefficient (Wildman–Crippen LogP) is 4.87. The van der Waals surface area contributed by atoms with Gasteiger partial charge in [-0.05, 0) is 54.8 Å². The molecule has 5 atom stereocenters. The molecule has 232 valence electrons. The Balaban J connectivity index is 1.30. The minimum Gasteiger partial charge on any atom is -0.396 e. The number of ether oxygens (including phenoxy) is 1. The van der Waals surface area contributed by atoms with Crippen molar-refractivity contribution < 1.29 is 24.2 Å². The summed E-state index contributed by atoms with van der Waals surface area (Å²) in [4.78, 5) is 49.1. The first-order valence-electron chi connectivity index (χ1n) is 16.0. The number of aliphatic hydroxyl groups excluding tert-OH is 1. The largest absolute Gasteiger partial charge is 0.396 e. The summed E-state index contributed by atoms with van der Waals surface area (Å²) in [5.74, 6) is -2.27. The van der Waals surface area contributed by atoms with Crippen molar-refractivity contribution in [3.05, 3.63) is 97.1 Å². The molecule has 1 unspecified atom stereocenters. The number of nitrogens with zero attached hydrogens (tertiary/aromatic N) is 3. The van der Waals surface area contributed by atoms with Crippen molar-refractivity contribution in [1.82, 2.24) is 4.90 Å². The van der Waals surface area contributed by atoms with Gasteiger partial charge in [0.1, 0.15) is 11.6 Å². The van der Waals surface area contributed by atoms with Crippen molar-refractivity contribution in [2.24, 2.45) is 11.8 Å². The van der Waals surface area contributed by atoms with Gasteiger partial charge in [-0.15, -0.1) is 0 Å². The van der Waals surface area contributed by atoms with Crippen molar-refractivity contribution in [3.8, 4) is 0 Å². The number of unbranched alkanes of at least 4 members (excludes halogenated alkanes) is 3. The number of carbonyl (C=O) groups is 3. The monoisotopic (exact) mass is 605 g/mol. The van der Waals surface area contributed by atoms with Gasteiger partial charge in [-0.1, -0.05) is 85.7 Å². The summed E-state index contributed by atoms with van der Waals surface area (Å²) in [6.45, 7) is 3.07. The van der Waals surface area contributed by atoms with Gasteiger partial charge in [-0.25, -0.2) is 0 Å². The van der Waals surface area contributed by atoms with Crippen LogP contribution in [0, 0.1) is 11.8 Å². The highest BCUT2D eigenvalue weighted by molar-refractivity contribution is 6.08. The maximum atomic E-state index is 14.8. The lowest BCUT2D eigenvalue weighted by atomic mass is 9.74. The third-order valence-electron chi connectivity index (χ3n) is 9.98. The molecule has 3 aromatic carbocycles. The lowest BCUT2D eigenvalue weighted by Crippen LogP contribution is -2.56. The van der Waals surface area contributed by atoms with E-state index >= 15 is 0 Å². The van der Waals surface area contributed by atoms with Crippen molar-refractivity contribution in [2.75, 3.05) is 36.0 Å². The molecule has 0 aromatic heterocycles. The summed E-state index contributed by atoms with van der Waals surface area (Å²) in [5, 5.41) is 11.4. The zero-order valence-corrected chi connectivity index (χ0v) is 25.5. The van der Waals surface area contributed by atoms with Crippen LogP contribution < -0.4 is 9.80 Å². The Morgan fingerprint density at radius 3 is 2.20 bits per heavy atom. The van der Waals surface area contributed by atoms with Crippen LogP contribution in [-0.2, 0) is 19.1 Å². The summed E-state index contributed by atoms with van der Waals surface area (Å²) in [5.41, 5.74) is -0.863. The van der Waals surface area contributed by atoms with E-state index in [-0.39, 0.29) is 24.3 Å². The fourth-order valence-electron chi connectivity index (χ4n) is 7.93. The molecule has 1 spiro atoms. The molecule has 0 bridgehead atoms. The molecule has 7 rings (SSSR count). The highest BCUT2D eigenvalue weighted by Gasteiger charge is 2.74. The van der Waals surface area contributed by atoms with Gasteiger partial charge in [0.2, 0.25) is 11.8 Å². The fraction of sp³-hybridized carbons (Fsp3) is 0.378. The van der Waals surface area contributed by atoms with Crippen molar-refractivity contribution in [2.45, 2.75) is 49.9 Å². The molecule has 0 saturated carbocycles. The molecule has 2 fully saturated rings. The van der Waals surface area contributed by atoms with Gasteiger partial charge < -0.3 is 24.5 Å². The molecule has 45 heavy (non-hydrogen) atoms. The zero-order valence-electron chi connectivity index (χ0n) is 25.5. The van der Waals surface area contributed by atoms with Crippen molar-refractivity contribution >= 4 is 39.9 Å². The third kappa shape index (κ3) is 4.78. The van der Waals surface area contributed by atoms with Crippen LogP contribution in [0.15, 0.2) is 97.1 Å². The van der Waals surface area contributed by atoms with E-state index in [1.807, 2.05) is 104 Å². The second-order valence-corrected chi connectivity index (χ2v) is 12.7.